The van der Waals surface area contributed by atoms with Gasteiger partial charge in [0.25, 0.3) is 0 Å². The van der Waals surface area contributed by atoms with E-state index in [-0.39, 0.29) is 11.4 Å². The smallest absolute Gasteiger partial charge is 0.127 e. The Labute approximate surface area is 113 Å². The highest BCUT2D eigenvalue weighted by atomic mass is 19.1. The molecule has 0 aliphatic carbocycles. The van der Waals surface area contributed by atoms with Crippen LogP contribution in [0, 0.1) is 17.1 Å². The van der Waals surface area contributed by atoms with Crippen LogP contribution in [0.4, 0.5) is 4.39 Å². The van der Waals surface area contributed by atoms with Crippen LogP contribution in [0.5, 0.6) is 0 Å². The Morgan fingerprint density at radius 3 is 3.00 bits per heavy atom. The first-order valence-electron chi connectivity index (χ1n) is 6.56. The normalized spacial score (nSPS) is 21.9. The number of nitrogens with zero attached hydrogens (tertiary/aromatic N) is 1. The third-order valence-corrected chi connectivity index (χ3v) is 3.45. The first-order chi connectivity index (χ1) is 9.00. The fourth-order valence-corrected chi connectivity index (χ4v) is 2.44. The second-order valence-corrected chi connectivity index (χ2v) is 5.60. The van der Waals surface area contributed by atoms with Crippen LogP contribution in [-0.2, 0) is 11.3 Å². The van der Waals surface area contributed by atoms with E-state index in [0.717, 1.165) is 19.4 Å². The first-order valence-corrected chi connectivity index (χ1v) is 6.56. The largest absolute Gasteiger partial charge is 0.375 e. The number of halogens is 1. The molecule has 102 valence electrons. The molecule has 0 bridgehead atoms. The van der Waals surface area contributed by atoms with Gasteiger partial charge in [-0.25, -0.2) is 4.39 Å². The summed E-state index contributed by atoms with van der Waals surface area (Å²) >= 11 is 0. The molecule has 0 saturated carbocycles. The van der Waals surface area contributed by atoms with Crippen LogP contribution in [0.15, 0.2) is 18.2 Å². The Hall–Kier alpha value is -1.44. The topological polar surface area (TPSA) is 45.0 Å². The highest BCUT2D eigenvalue weighted by Crippen LogP contribution is 2.24. The average molecular weight is 262 g/mol. The van der Waals surface area contributed by atoms with Gasteiger partial charge in [0, 0.05) is 24.8 Å². The average Bonchev–Trinajstić information content (AvgIpc) is 2.37. The van der Waals surface area contributed by atoms with Crippen LogP contribution in [0.3, 0.4) is 0 Å². The number of hydrogen-bond acceptors (Lipinski definition) is 3. The minimum Gasteiger partial charge on any atom is -0.375 e. The van der Waals surface area contributed by atoms with Gasteiger partial charge >= 0.3 is 0 Å². The van der Waals surface area contributed by atoms with Crippen molar-refractivity contribution < 1.29 is 9.13 Å². The van der Waals surface area contributed by atoms with Crippen molar-refractivity contribution in [3.05, 3.63) is 35.1 Å². The predicted molar refractivity (Wildman–Crippen MR) is 71.0 cm³/mol. The molecule has 0 spiro atoms. The molecule has 0 amide bonds. The van der Waals surface area contributed by atoms with Gasteiger partial charge in [-0.2, -0.15) is 5.26 Å². The summed E-state index contributed by atoms with van der Waals surface area (Å²) in [4.78, 5) is 0. The van der Waals surface area contributed by atoms with Crippen LogP contribution < -0.4 is 5.32 Å². The molecule has 1 aromatic carbocycles. The predicted octanol–water partition coefficient (Wildman–Crippen LogP) is 2.74. The second-order valence-electron chi connectivity index (χ2n) is 5.60. The maximum absolute atomic E-state index is 13.6. The summed E-state index contributed by atoms with van der Waals surface area (Å²) in [7, 11) is 0. The molecule has 0 aromatic heterocycles. The summed E-state index contributed by atoms with van der Waals surface area (Å²) in [5.41, 5.74) is 0.914. The zero-order chi connectivity index (χ0) is 13.9. The molecule has 0 radical (unpaired) electrons. The summed E-state index contributed by atoms with van der Waals surface area (Å²) in [6, 6.07) is 6.81. The standard InChI is InChI=1S/C15H19FN2O/c1-15(2)8-13(5-6-19-15)18-10-12-7-11(9-17)3-4-14(12)16/h3-4,7,13,18H,5-6,8,10H2,1-2H3. The third-order valence-electron chi connectivity index (χ3n) is 3.45. The number of rotatable bonds is 3. The van der Waals surface area contributed by atoms with E-state index < -0.39 is 0 Å². The van der Waals surface area contributed by atoms with E-state index in [1.807, 2.05) is 6.07 Å². The lowest BCUT2D eigenvalue weighted by Gasteiger charge is -2.36. The molecular weight excluding hydrogens is 243 g/mol. The molecule has 1 heterocycles. The van der Waals surface area contributed by atoms with Crippen molar-refractivity contribution in [3.63, 3.8) is 0 Å². The van der Waals surface area contributed by atoms with Gasteiger partial charge < -0.3 is 10.1 Å². The SMILES string of the molecule is CC1(C)CC(NCc2cc(C#N)ccc2F)CCO1. The Morgan fingerprint density at radius 2 is 2.32 bits per heavy atom. The minimum atomic E-state index is -0.266. The zero-order valence-electron chi connectivity index (χ0n) is 11.4. The van der Waals surface area contributed by atoms with Crippen LogP contribution >= 0.6 is 0 Å². The molecule has 1 aliphatic rings. The van der Waals surface area contributed by atoms with Crippen LogP contribution in [0.1, 0.15) is 37.8 Å². The molecule has 1 N–H and O–H groups in total. The Balaban J connectivity index is 1.97. The van der Waals surface area contributed by atoms with Crippen LogP contribution in [-0.4, -0.2) is 18.2 Å². The molecule has 1 aromatic rings. The number of nitriles is 1. The van der Waals surface area contributed by atoms with E-state index in [0.29, 0.717) is 23.7 Å². The van der Waals surface area contributed by atoms with E-state index >= 15 is 0 Å². The van der Waals surface area contributed by atoms with Crippen molar-refractivity contribution >= 4 is 0 Å². The van der Waals surface area contributed by atoms with Gasteiger partial charge in [-0.05, 0) is 44.9 Å². The molecule has 2 rings (SSSR count). The summed E-state index contributed by atoms with van der Waals surface area (Å²) in [6.07, 6.45) is 1.84. The Bertz CT molecular complexity index is 493. The molecule has 19 heavy (non-hydrogen) atoms. The van der Waals surface area contributed by atoms with Crippen LogP contribution in [0.2, 0.25) is 0 Å². The fraction of sp³-hybridized carbons (Fsp3) is 0.533. The van der Waals surface area contributed by atoms with E-state index in [1.54, 1.807) is 6.07 Å². The highest BCUT2D eigenvalue weighted by molar-refractivity contribution is 5.33. The van der Waals surface area contributed by atoms with Crippen molar-refractivity contribution in [3.8, 4) is 6.07 Å². The van der Waals surface area contributed by atoms with E-state index in [9.17, 15) is 4.39 Å². The molecule has 3 nitrogen and oxygen atoms in total. The lowest BCUT2D eigenvalue weighted by molar-refractivity contribution is -0.0630. The van der Waals surface area contributed by atoms with Crippen molar-refractivity contribution in [2.75, 3.05) is 6.61 Å². The summed E-state index contributed by atoms with van der Waals surface area (Å²) in [6.45, 7) is 5.31. The quantitative estimate of drug-likeness (QED) is 0.911. The van der Waals surface area contributed by atoms with E-state index in [1.165, 1.54) is 12.1 Å². The monoisotopic (exact) mass is 262 g/mol. The van der Waals surface area contributed by atoms with Gasteiger partial charge in [-0.3, -0.25) is 0 Å². The molecule has 1 saturated heterocycles. The zero-order valence-corrected chi connectivity index (χ0v) is 11.4. The minimum absolute atomic E-state index is 0.122. The molecule has 1 atom stereocenters. The highest BCUT2D eigenvalue weighted by Gasteiger charge is 2.28. The Morgan fingerprint density at radius 1 is 1.53 bits per heavy atom. The lowest BCUT2D eigenvalue weighted by atomic mass is 9.94. The molecule has 4 heteroatoms. The number of ether oxygens (including phenoxy) is 1. The summed E-state index contributed by atoms with van der Waals surface area (Å²) in [5, 5.41) is 12.2. The lowest BCUT2D eigenvalue weighted by Crippen LogP contribution is -2.43. The van der Waals surface area contributed by atoms with E-state index in [4.69, 9.17) is 10.00 Å². The molecular formula is C15H19FN2O. The maximum atomic E-state index is 13.6. The van der Waals surface area contributed by atoms with Gasteiger partial charge in [0.2, 0.25) is 0 Å². The summed E-state index contributed by atoms with van der Waals surface area (Å²) < 4.78 is 19.3. The number of benzene rings is 1. The number of nitrogens with one attached hydrogen (secondary N) is 1. The van der Waals surface area contributed by atoms with Crippen molar-refractivity contribution in [2.24, 2.45) is 0 Å². The molecule has 1 unspecified atom stereocenters. The van der Waals surface area contributed by atoms with Gasteiger partial charge in [-0.1, -0.05) is 0 Å². The first kappa shape index (κ1) is 14.0. The molecule has 1 aliphatic heterocycles. The maximum Gasteiger partial charge on any atom is 0.127 e. The van der Waals surface area contributed by atoms with E-state index in [2.05, 4.69) is 19.2 Å². The van der Waals surface area contributed by atoms with Crippen molar-refractivity contribution in [1.29, 1.82) is 5.26 Å². The van der Waals surface area contributed by atoms with Gasteiger partial charge in [0.05, 0.1) is 17.2 Å². The number of hydrogen-bond donors (Lipinski definition) is 1. The van der Waals surface area contributed by atoms with Crippen molar-refractivity contribution in [1.82, 2.24) is 5.32 Å². The third kappa shape index (κ3) is 3.76. The van der Waals surface area contributed by atoms with Crippen LogP contribution in [0.25, 0.3) is 0 Å². The van der Waals surface area contributed by atoms with Gasteiger partial charge in [-0.15, -0.1) is 0 Å². The fourth-order valence-electron chi connectivity index (χ4n) is 2.44. The van der Waals surface area contributed by atoms with Gasteiger partial charge in [0.1, 0.15) is 5.82 Å². The Kier molecular flexibility index (Phi) is 4.18. The summed E-state index contributed by atoms with van der Waals surface area (Å²) in [5.74, 6) is -0.266. The van der Waals surface area contributed by atoms with Crippen molar-refractivity contribution in [2.45, 2.75) is 44.9 Å². The molecule has 1 fully saturated rings. The second kappa shape index (κ2) is 5.68. The van der Waals surface area contributed by atoms with Gasteiger partial charge in [0.15, 0.2) is 0 Å².